The summed E-state index contributed by atoms with van der Waals surface area (Å²) in [5, 5.41) is -0.636. The third-order valence-corrected chi connectivity index (χ3v) is 5.89. The SMILES string of the molecule is CS(=O)(=O)C1CSCCN1C(=O)CCCCCCN. The van der Waals surface area contributed by atoms with E-state index in [1.165, 1.54) is 6.26 Å². The molecule has 0 bridgehead atoms. The molecule has 5 nitrogen and oxygen atoms in total. The second-order valence-corrected chi connectivity index (χ2v) is 8.25. The van der Waals surface area contributed by atoms with Gasteiger partial charge in [0, 0.05) is 30.7 Å². The Morgan fingerprint density at radius 3 is 2.63 bits per heavy atom. The molecule has 1 atom stereocenters. The number of carbonyl (C=O) groups excluding carboxylic acids is 1. The minimum atomic E-state index is -3.19. The van der Waals surface area contributed by atoms with Gasteiger partial charge in [-0.3, -0.25) is 4.79 Å². The van der Waals surface area contributed by atoms with Crippen LogP contribution in [0.3, 0.4) is 0 Å². The van der Waals surface area contributed by atoms with Gasteiger partial charge in [-0.2, -0.15) is 11.8 Å². The quantitative estimate of drug-likeness (QED) is 0.705. The highest BCUT2D eigenvalue weighted by atomic mass is 32.2. The Balaban J connectivity index is 2.44. The summed E-state index contributed by atoms with van der Waals surface area (Å²) in [5.74, 6) is 1.30. The average molecular weight is 308 g/mol. The number of carbonyl (C=O) groups is 1. The summed E-state index contributed by atoms with van der Waals surface area (Å²) in [5.41, 5.74) is 5.41. The number of rotatable bonds is 7. The molecule has 0 aliphatic carbocycles. The van der Waals surface area contributed by atoms with Crippen LogP contribution < -0.4 is 5.73 Å². The van der Waals surface area contributed by atoms with Gasteiger partial charge in [0.25, 0.3) is 0 Å². The highest BCUT2D eigenvalue weighted by Gasteiger charge is 2.33. The molecule has 2 N–H and O–H groups in total. The molecule has 1 fully saturated rings. The monoisotopic (exact) mass is 308 g/mol. The van der Waals surface area contributed by atoms with Crippen molar-refractivity contribution in [3.8, 4) is 0 Å². The third kappa shape index (κ3) is 5.71. The van der Waals surface area contributed by atoms with Crippen molar-refractivity contribution in [2.45, 2.75) is 37.5 Å². The highest BCUT2D eigenvalue weighted by Crippen LogP contribution is 2.21. The number of hydrogen-bond donors (Lipinski definition) is 1. The lowest BCUT2D eigenvalue weighted by Crippen LogP contribution is -2.49. The van der Waals surface area contributed by atoms with E-state index in [0.29, 0.717) is 25.3 Å². The van der Waals surface area contributed by atoms with Crippen LogP contribution in [0.5, 0.6) is 0 Å². The summed E-state index contributed by atoms with van der Waals surface area (Å²) in [6, 6.07) is 0. The number of hydrogen-bond acceptors (Lipinski definition) is 5. The number of nitrogens with zero attached hydrogens (tertiary/aromatic N) is 1. The summed E-state index contributed by atoms with van der Waals surface area (Å²) in [6.45, 7) is 1.23. The first-order chi connectivity index (χ1) is 8.96. The van der Waals surface area contributed by atoms with Crippen LogP contribution in [0.1, 0.15) is 32.1 Å². The molecule has 1 heterocycles. The lowest BCUT2D eigenvalue weighted by molar-refractivity contribution is -0.131. The van der Waals surface area contributed by atoms with Crippen molar-refractivity contribution < 1.29 is 13.2 Å². The van der Waals surface area contributed by atoms with E-state index in [2.05, 4.69) is 0 Å². The van der Waals surface area contributed by atoms with Crippen LogP contribution >= 0.6 is 11.8 Å². The molecule has 1 rings (SSSR count). The molecule has 19 heavy (non-hydrogen) atoms. The number of amides is 1. The first-order valence-electron chi connectivity index (χ1n) is 6.73. The van der Waals surface area contributed by atoms with Crippen LogP contribution in [0, 0.1) is 0 Å². The summed E-state index contributed by atoms with van der Waals surface area (Å²) in [7, 11) is -3.19. The van der Waals surface area contributed by atoms with Gasteiger partial charge in [-0.25, -0.2) is 8.42 Å². The van der Waals surface area contributed by atoms with Crippen molar-refractivity contribution in [2.75, 3.05) is 30.9 Å². The largest absolute Gasteiger partial charge is 0.330 e. The predicted molar refractivity (Wildman–Crippen MR) is 79.8 cm³/mol. The van der Waals surface area contributed by atoms with Gasteiger partial charge in [0.1, 0.15) is 5.37 Å². The Labute approximate surface area is 120 Å². The van der Waals surface area contributed by atoms with Gasteiger partial charge in [0.15, 0.2) is 9.84 Å². The molecule has 1 amide bonds. The Hall–Kier alpha value is -0.270. The minimum Gasteiger partial charge on any atom is -0.330 e. The zero-order chi connectivity index (χ0) is 14.3. The van der Waals surface area contributed by atoms with Gasteiger partial charge in [-0.15, -0.1) is 0 Å². The van der Waals surface area contributed by atoms with Crippen LogP contribution in [0.25, 0.3) is 0 Å². The fraction of sp³-hybridized carbons (Fsp3) is 0.917. The Morgan fingerprint density at radius 2 is 2.00 bits per heavy atom. The zero-order valence-corrected chi connectivity index (χ0v) is 13.1. The van der Waals surface area contributed by atoms with Gasteiger partial charge in [0.2, 0.25) is 5.91 Å². The van der Waals surface area contributed by atoms with Crippen LogP contribution in [0.15, 0.2) is 0 Å². The maximum Gasteiger partial charge on any atom is 0.223 e. The summed E-state index contributed by atoms with van der Waals surface area (Å²) in [6.07, 6.45) is 5.48. The maximum atomic E-state index is 12.1. The molecular formula is C12H24N2O3S2. The van der Waals surface area contributed by atoms with Crippen molar-refractivity contribution >= 4 is 27.5 Å². The van der Waals surface area contributed by atoms with Crippen molar-refractivity contribution in [1.82, 2.24) is 4.90 Å². The predicted octanol–water partition coefficient (Wildman–Crippen LogP) is 0.842. The molecule has 1 unspecified atom stereocenters. The van der Waals surface area contributed by atoms with E-state index in [0.717, 1.165) is 31.4 Å². The molecule has 0 aromatic heterocycles. The van der Waals surface area contributed by atoms with E-state index >= 15 is 0 Å². The first kappa shape index (κ1) is 16.8. The highest BCUT2D eigenvalue weighted by molar-refractivity contribution is 8.00. The van der Waals surface area contributed by atoms with E-state index < -0.39 is 15.2 Å². The van der Waals surface area contributed by atoms with E-state index in [-0.39, 0.29) is 5.91 Å². The molecule has 7 heteroatoms. The Morgan fingerprint density at radius 1 is 1.32 bits per heavy atom. The Bertz CT molecular complexity index is 384. The van der Waals surface area contributed by atoms with E-state index in [1.54, 1.807) is 16.7 Å². The summed E-state index contributed by atoms with van der Waals surface area (Å²) in [4.78, 5) is 13.7. The molecule has 0 spiro atoms. The molecule has 112 valence electrons. The van der Waals surface area contributed by atoms with Crippen LogP contribution in [0.4, 0.5) is 0 Å². The topological polar surface area (TPSA) is 80.5 Å². The van der Waals surface area contributed by atoms with Gasteiger partial charge in [-0.05, 0) is 19.4 Å². The molecule has 0 saturated carbocycles. The number of thioether (sulfide) groups is 1. The average Bonchev–Trinajstić information content (AvgIpc) is 2.37. The van der Waals surface area contributed by atoms with Gasteiger partial charge >= 0.3 is 0 Å². The molecule has 0 aromatic rings. The van der Waals surface area contributed by atoms with Crippen molar-refractivity contribution in [1.29, 1.82) is 0 Å². The van der Waals surface area contributed by atoms with E-state index in [1.807, 2.05) is 0 Å². The lowest BCUT2D eigenvalue weighted by atomic mass is 10.1. The molecule has 0 radical (unpaired) electrons. The second-order valence-electron chi connectivity index (χ2n) is 4.90. The van der Waals surface area contributed by atoms with Crippen molar-refractivity contribution in [3.05, 3.63) is 0 Å². The molecule has 0 aromatic carbocycles. The number of unbranched alkanes of at least 4 members (excludes halogenated alkanes) is 3. The van der Waals surface area contributed by atoms with Crippen molar-refractivity contribution in [2.24, 2.45) is 5.73 Å². The van der Waals surface area contributed by atoms with E-state index in [9.17, 15) is 13.2 Å². The fourth-order valence-corrected chi connectivity index (χ4v) is 4.98. The van der Waals surface area contributed by atoms with Crippen molar-refractivity contribution in [3.63, 3.8) is 0 Å². The third-order valence-electron chi connectivity index (χ3n) is 3.24. The number of nitrogens with two attached hydrogens (primary N) is 1. The van der Waals surface area contributed by atoms with Crippen LogP contribution in [-0.2, 0) is 14.6 Å². The van der Waals surface area contributed by atoms with Gasteiger partial charge < -0.3 is 10.6 Å². The Kier molecular flexibility index (Phi) is 7.17. The van der Waals surface area contributed by atoms with Gasteiger partial charge in [0.05, 0.1) is 0 Å². The smallest absolute Gasteiger partial charge is 0.223 e. The summed E-state index contributed by atoms with van der Waals surface area (Å²) >= 11 is 1.60. The molecule has 1 aliphatic heterocycles. The normalized spacial score (nSPS) is 20.5. The standard InChI is InChI=1S/C12H24N2O3S2/c1-19(16,17)12-10-18-9-8-14(12)11(15)6-4-2-3-5-7-13/h12H,2-10,13H2,1H3. The number of sulfone groups is 1. The van der Waals surface area contributed by atoms with Crippen LogP contribution in [0.2, 0.25) is 0 Å². The first-order valence-corrected chi connectivity index (χ1v) is 9.84. The van der Waals surface area contributed by atoms with E-state index in [4.69, 9.17) is 5.73 Å². The second kappa shape index (κ2) is 8.11. The minimum absolute atomic E-state index is 0.0246. The molecular weight excluding hydrogens is 284 g/mol. The van der Waals surface area contributed by atoms with Crippen LogP contribution in [-0.4, -0.2) is 55.4 Å². The fourth-order valence-electron chi connectivity index (χ4n) is 2.14. The van der Waals surface area contributed by atoms with Gasteiger partial charge in [-0.1, -0.05) is 12.8 Å². The lowest BCUT2D eigenvalue weighted by Gasteiger charge is -2.34. The molecule has 1 saturated heterocycles. The maximum absolute atomic E-state index is 12.1. The zero-order valence-electron chi connectivity index (χ0n) is 11.5. The summed E-state index contributed by atoms with van der Waals surface area (Å²) < 4.78 is 23.4. The molecule has 1 aliphatic rings.